The highest BCUT2D eigenvalue weighted by molar-refractivity contribution is 7.14. The molecule has 1 saturated heterocycles. The fourth-order valence-electron chi connectivity index (χ4n) is 2.82. The Morgan fingerprint density at radius 3 is 2.58 bits per heavy atom. The molecule has 0 spiro atoms. The zero-order valence-corrected chi connectivity index (χ0v) is 15.5. The van der Waals surface area contributed by atoms with Gasteiger partial charge in [0.15, 0.2) is 5.01 Å². The summed E-state index contributed by atoms with van der Waals surface area (Å²) in [6.07, 6.45) is 3.48. The van der Waals surface area contributed by atoms with Crippen molar-refractivity contribution in [3.05, 3.63) is 29.5 Å². The van der Waals surface area contributed by atoms with E-state index in [2.05, 4.69) is 37.4 Å². The number of aryl methyl sites for hydroxylation is 1. The summed E-state index contributed by atoms with van der Waals surface area (Å²) < 4.78 is 0. The molecule has 3 aromatic heterocycles. The molecule has 3 aromatic rings. The molecule has 1 fully saturated rings. The van der Waals surface area contributed by atoms with Crippen LogP contribution in [0.5, 0.6) is 0 Å². The van der Waals surface area contributed by atoms with E-state index in [9.17, 15) is 4.79 Å². The van der Waals surface area contributed by atoms with E-state index >= 15 is 0 Å². The normalized spacial score (nSPS) is 15.4. The molecule has 0 unspecified atom stereocenters. The molecule has 0 atom stereocenters. The maximum absolute atomic E-state index is 12.4. The smallest absolute Gasteiger partial charge is 0.322 e. The molecule has 0 radical (unpaired) electrons. The lowest BCUT2D eigenvalue weighted by Gasteiger charge is -2.32. The summed E-state index contributed by atoms with van der Waals surface area (Å²) in [6.45, 7) is 5.13. The van der Waals surface area contributed by atoms with Gasteiger partial charge in [-0.2, -0.15) is 0 Å². The Kier molecular flexibility index (Phi) is 4.48. The van der Waals surface area contributed by atoms with Crippen molar-refractivity contribution in [1.82, 2.24) is 30.0 Å². The Hall–Kier alpha value is -2.65. The third-order valence-corrected chi connectivity index (χ3v) is 5.24. The van der Waals surface area contributed by atoms with Crippen LogP contribution in [0.25, 0.3) is 21.5 Å². The molecule has 1 aliphatic heterocycles. The van der Waals surface area contributed by atoms with Gasteiger partial charge in [-0.15, -0.1) is 10.2 Å². The lowest BCUT2D eigenvalue weighted by atomic mass is 10.2. The molecule has 0 bridgehead atoms. The van der Waals surface area contributed by atoms with E-state index in [1.807, 2.05) is 24.0 Å². The highest BCUT2D eigenvalue weighted by Crippen LogP contribution is 2.25. The highest BCUT2D eigenvalue weighted by Gasteiger charge is 2.19. The Labute approximate surface area is 154 Å². The number of likely N-dealkylation sites (N-methyl/N-ethyl adjacent to an activating group) is 1. The van der Waals surface area contributed by atoms with Crippen molar-refractivity contribution < 1.29 is 4.79 Å². The average Bonchev–Trinajstić information content (AvgIpc) is 3.08. The van der Waals surface area contributed by atoms with Crippen molar-refractivity contribution >= 4 is 34.0 Å². The number of pyridine rings is 2. The molecule has 4 heterocycles. The van der Waals surface area contributed by atoms with Gasteiger partial charge >= 0.3 is 6.03 Å². The second-order valence-electron chi connectivity index (χ2n) is 6.33. The number of hydrogen-bond donors (Lipinski definition) is 1. The van der Waals surface area contributed by atoms with E-state index in [1.54, 1.807) is 12.4 Å². The Balaban J connectivity index is 1.55. The molecule has 0 saturated carbocycles. The first-order chi connectivity index (χ1) is 12.6. The number of anilines is 1. The number of nitrogens with zero attached hydrogens (tertiary/aromatic N) is 6. The highest BCUT2D eigenvalue weighted by atomic mass is 32.1. The molecule has 134 valence electrons. The van der Waals surface area contributed by atoms with Gasteiger partial charge in [0, 0.05) is 44.0 Å². The first-order valence-electron chi connectivity index (χ1n) is 8.39. The summed E-state index contributed by atoms with van der Waals surface area (Å²) >= 11 is 1.50. The Morgan fingerprint density at radius 1 is 1.08 bits per heavy atom. The molecule has 8 nitrogen and oxygen atoms in total. The van der Waals surface area contributed by atoms with Crippen molar-refractivity contribution in [2.75, 3.05) is 38.5 Å². The van der Waals surface area contributed by atoms with Crippen LogP contribution in [0.3, 0.4) is 0 Å². The molecule has 0 aromatic carbocycles. The number of carbonyl (C=O) groups excluding carboxylic acids is 1. The van der Waals surface area contributed by atoms with Crippen LogP contribution in [0.2, 0.25) is 0 Å². The van der Waals surface area contributed by atoms with E-state index in [0.29, 0.717) is 5.82 Å². The summed E-state index contributed by atoms with van der Waals surface area (Å²) in [4.78, 5) is 25.2. The van der Waals surface area contributed by atoms with Crippen LogP contribution >= 0.6 is 11.3 Å². The largest absolute Gasteiger partial charge is 0.323 e. The summed E-state index contributed by atoms with van der Waals surface area (Å²) in [6, 6.07) is 3.70. The number of amides is 2. The van der Waals surface area contributed by atoms with Crippen molar-refractivity contribution in [2.24, 2.45) is 0 Å². The van der Waals surface area contributed by atoms with Crippen LogP contribution in [0.4, 0.5) is 10.6 Å². The van der Waals surface area contributed by atoms with Gasteiger partial charge in [-0.25, -0.2) is 9.78 Å². The minimum Gasteiger partial charge on any atom is -0.322 e. The zero-order valence-electron chi connectivity index (χ0n) is 14.6. The number of piperazine rings is 1. The summed E-state index contributed by atoms with van der Waals surface area (Å²) in [5, 5.41) is 14.6. The second kappa shape index (κ2) is 6.93. The molecular weight excluding hydrogens is 350 g/mol. The van der Waals surface area contributed by atoms with Gasteiger partial charge in [-0.05, 0) is 31.5 Å². The molecule has 1 N–H and O–H groups in total. The van der Waals surface area contributed by atoms with Crippen molar-refractivity contribution in [1.29, 1.82) is 0 Å². The number of carbonyl (C=O) groups is 1. The first kappa shape index (κ1) is 16.8. The molecule has 4 rings (SSSR count). The quantitative estimate of drug-likeness (QED) is 0.745. The van der Waals surface area contributed by atoms with Crippen LogP contribution in [-0.4, -0.2) is 69.2 Å². The van der Waals surface area contributed by atoms with Gasteiger partial charge in [-0.3, -0.25) is 10.3 Å². The second-order valence-corrected chi connectivity index (χ2v) is 7.51. The lowest BCUT2D eigenvalue weighted by Crippen LogP contribution is -2.48. The standard InChI is InChI=1S/C17H19N7OS/c1-11-21-22-16(26-11)14-7-12-8-15(19-10-13(12)9-18-14)20-17(25)24-5-3-23(2)4-6-24/h7-10H,3-6H2,1-2H3,(H,19,20,25). The van der Waals surface area contributed by atoms with E-state index in [0.717, 1.165) is 52.7 Å². The fraction of sp³-hybridized carbons (Fsp3) is 0.353. The maximum atomic E-state index is 12.4. The van der Waals surface area contributed by atoms with E-state index in [1.165, 1.54) is 11.3 Å². The van der Waals surface area contributed by atoms with Crippen LogP contribution in [0, 0.1) is 6.92 Å². The van der Waals surface area contributed by atoms with Gasteiger partial charge in [0.25, 0.3) is 0 Å². The number of rotatable bonds is 2. The first-order valence-corrected chi connectivity index (χ1v) is 9.21. The third kappa shape index (κ3) is 3.49. The van der Waals surface area contributed by atoms with Gasteiger partial charge in [0.1, 0.15) is 16.5 Å². The van der Waals surface area contributed by atoms with Gasteiger partial charge in [0.05, 0.1) is 0 Å². The van der Waals surface area contributed by atoms with Crippen molar-refractivity contribution in [3.8, 4) is 10.7 Å². The van der Waals surface area contributed by atoms with E-state index in [-0.39, 0.29) is 6.03 Å². The number of fused-ring (bicyclic) bond motifs is 1. The number of nitrogens with one attached hydrogen (secondary N) is 1. The molecule has 1 aliphatic rings. The molecule has 9 heteroatoms. The Morgan fingerprint density at radius 2 is 1.85 bits per heavy atom. The lowest BCUT2D eigenvalue weighted by molar-refractivity contribution is 0.164. The summed E-state index contributed by atoms with van der Waals surface area (Å²) in [7, 11) is 2.06. The van der Waals surface area contributed by atoms with Gasteiger partial charge in [0.2, 0.25) is 0 Å². The molecule has 2 amide bonds. The van der Waals surface area contributed by atoms with Gasteiger partial charge < -0.3 is 9.80 Å². The van der Waals surface area contributed by atoms with E-state index in [4.69, 9.17) is 0 Å². The minimum absolute atomic E-state index is 0.112. The third-order valence-electron chi connectivity index (χ3n) is 4.37. The van der Waals surface area contributed by atoms with Crippen LogP contribution in [0.1, 0.15) is 5.01 Å². The fourth-order valence-corrected chi connectivity index (χ4v) is 3.48. The molecular formula is C17H19N7OS. The van der Waals surface area contributed by atoms with Crippen molar-refractivity contribution in [2.45, 2.75) is 6.92 Å². The number of urea groups is 1. The average molecular weight is 369 g/mol. The predicted octanol–water partition coefficient (Wildman–Crippen LogP) is 2.24. The van der Waals surface area contributed by atoms with Crippen LogP contribution in [-0.2, 0) is 0 Å². The van der Waals surface area contributed by atoms with Crippen LogP contribution in [0.15, 0.2) is 24.5 Å². The number of hydrogen-bond acceptors (Lipinski definition) is 7. The predicted molar refractivity (Wildman–Crippen MR) is 101 cm³/mol. The zero-order chi connectivity index (χ0) is 18.1. The van der Waals surface area contributed by atoms with Crippen molar-refractivity contribution in [3.63, 3.8) is 0 Å². The molecule has 26 heavy (non-hydrogen) atoms. The van der Waals surface area contributed by atoms with Gasteiger partial charge in [-0.1, -0.05) is 11.3 Å². The summed E-state index contributed by atoms with van der Waals surface area (Å²) in [5.74, 6) is 0.534. The van der Waals surface area contributed by atoms with E-state index < -0.39 is 0 Å². The molecule has 0 aliphatic carbocycles. The summed E-state index contributed by atoms with van der Waals surface area (Å²) in [5.41, 5.74) is 0.769. The number of aromatic nitrogens is 4. The Bertz CT molecular complexity index is 949. The van der Waals surface area contributed by atoms with Crippen LogP contribution < -0.4 is 5.32 Å². The monoisotopic (exact) mass is 369 g/mol. The minimum atomic E-state index is -0.112. The maximum Gasteiger partial charge on any atom is 0.323 e. The topological polar surface area (TPSA) is 87.1 Å². The SMILES string of the molecule is Cc1nnc(-c2cc3cc(NC(=O)N4CCN(C)CC4)ncc3cn2)s1.